The molecule has 0 radical (unpaired) electrons. The average Bonchev–Trinajstić information content (AvgIpc) is 3.57. The number of likely N-dealkylation sites (tertiary alicyclic amines) is 1. The van der Waals surface area contributed by atoms with E-state index in [1.54, 1.807) is 29.6 Å². The first-order chi connectivity index (χ1) is 18.0. The summed E-state index contributed by atoms with van der Waals surface area (Å²) in [6.45, 7) is -0.319. The van der Waals surface area contributed by atoms with E-state index >= 15 is 0 Å². The number of piperidine rings is 1. The van der Waals surface area contributed by atoms with Crippen LogP contribution in [0.1, 0.15) is 16.8 Å². The van der Waals surface area contributed by atoms with Gasteiger partial charge >= 0.3 is 12.1 Å². The second-order valence-electron chi connectivity index (χ2n) is 7.97. The number of hydrogen-bond acceptors (Lipinski definition) is 7. The number of aliphatic carboxylic acids is 1. The average molecular weight is 555 g/mol. The number of nitrogens with zero attached hydrogens (tertiary/aromatic N) is 5. The number of pyridine rings is 1. The molecule has 1 N–H and O–H groups in total. The van der Waals surface area contributed by atoms with Gasteiger partial charge in [-0.3, -0.25) is 4.79 Å². The molecule has 0 spiro atoms. The number of para-hydroxylation sites is 1. The predicted octanol–water partition coefficient (Wildman–Crippen LogP) is 4.44. The minimum absolute atomic E-state index is 0.0708. The van der Waals surface area contributed by atoms with Crippen LogP contribution in [0.2, 0.25) is 0 Å². The molecule has 1 aromatic carbocycles. The molecule has 5 rings (SSSR count). The first-order valence-electron chi connectivity index (χ1n) is 10.9. The summed E-state index contributed by atoms with van der Waals surface area (Å²) in [5.41, 5.74) is 1.02. The zero-order valence-electron chi connectivity index (χ0n) is 19.2. The second-order valence-corrected chi connectivity index (χ2v) is 8.87. The monoisotopic (exact) mass is 555 g/mol. The van der Waals surface area contributed by atoms with Crippen molar-refractivity contribution < 1.29 is 41.4 Å². The highest BCUT2D eigenvalue weighted by Crippen LogP contribution is 2.33. The normalized spacial score (nSPS) is 17.0. The molecule has 4 aromatic rings. The Bertz CT molecular complexity index is 1430. The van der Waals surface area contributed by atoms with Gasteiger partial charge in [-0.2, -0.15) is 23.4 Å². The third-order valence-corrected chi connectivity index (χ3v) is 6.29. The summed E-state index contributed by atoms with van der Waals surface area (Å²) in [6, 6.07) is 12.4. The van der Waals surface area contributed by atoms with Crippen LogP contribution >= 0.6 is 11.3 Å². The quantitative estimate of drug-likeness (QED) is 0.371. The molecule has 1 unspecified atom stereocenters. The number of benzene rings is 1. The Kier molecular flexibility index (Phi) is 7.57. The van der Waals surface area contributed by atoms with Gasteiger partial charge in [-0.1, -0.05) is 18.2 Å². The van der Waals surface area contributed by atoms with Crippen LogP contribution in [0.15, 0.2) is 60.2 Å². The number of amides is 1. The number of alkyl halides is 5. The van der Waals surface area contributed by atoms with E-state index in [0.29, 0.717) is 16.1 Å². The molecule has 9 nitrogen and oxygen atoms in total. The number of hydrogen-bond donors (Lipinski definition) is 1. The van der Waals surface area contributed by atoms with Gasteiger partial charge in [0.2, 0.25) is 5.88 Å². The van der Waals surface area contributed by atoms with Crippen molar-refractivity contribution in [2.45, 2.75) is 24.6 Å². The SMILES string of the molecule is O=C(O)C(F)(F)F.O=C(c1ccsc1-n1nccn1)N1CCC(F)(F)C(Oc2ccc3ccccc3n2)C1. The first-order valence-corrected chi connectivity index (χ1v) is 11.8. The molecule has 0 aliphatic carbocycles. The Balaban J connectivity index is 0.000000426. The summed E-state index contributed by atoms with van der Waals surface area (Å²) in [4.78, 5) is 29.1. The number of fused-ring (bicyclic) bond motifs is 1. The summed E-state index contributed by atoms with van der Waals surface area (Å²) in [7, 11) is 0. The molecule has 1 saturated heterocycles. The lowest BCUT2D eigenvalue weighted by Crippen LogP contribution is -2.55. The van der Waals surface area contributed by atoms with Crippen molar-refractivity contribution in [2.75, 3.05) is 13.1 Å². The van der Waals surface area contributed by atoms with E-state index in [0.717, 1.165) is 5.39 Å². The first kappa shape index (κ1) is 26.9. The molecule has 1 amide bonds. The van der Waals surface area contributed by atoms with Crippen molar-refractivity contribution >= 4 is 34.1 Å². The van der Waals surface area contributed by atoms with Crippen molar-refractivity contribution in [2.24, 2.45) is 0 Å². The topological polar surface area (TPSA) is 110 Å². The van der Waals surface area contributed by atoms with Gasteiger partial charge in [0.25, 0.3) is 11.8 Å². The number of ether oxygens (including phenoxy) is 1. The van der Waals surface area contributed by atoms with Crippen LogP contribution in [0.5, 0.6) is 5.88 Å². The molecule has 0 saturated carbocycles. The van der Waals surface area contributed by atoms with Gasteiger partial charge in [0.1, 0.15) is 0 Å². The third kappa shape index (κ3) is 6.04. The van der Waals surface area contributed by atoms with Gasteiger partial charge in [-0.25, -0.2) is 18.6 Å². The van der Waals surface area contributed by atoms with E-state index in [4.69, 9.17) is 14.6 Å². The number of aromatic nitrogens is 4. The Hall–Kier alpha value is -4.14. The van der Waals surface area contributed by atoms with E-state index in [-0.39, 0.29) is 24.9 Å². The van der Waals surface area contributed by atoms with Crippen LogP contribution in [-0.2, 0) is 4.79 Å². The summed E-state index contributed by atoms with van der Waals surface area (Å²) in [5.74, 6) is -6.09. The van der Waals surface area contributed by atoms with Crippen molar-refractivity contribution in [3.8, 4) is 10.9 Å². The van der Waals surface area contributed by atoms with E-state index in [1.165, 1.54) is 33.4 Å². The van der Waals surface area contributed by atoms with Crippen LogP contribution in [0.25, 0.3) is 15.9 Å². The van der Waals surface area contributed by atoms with Gasteiger partial charge < -0.3 is 14.7 Å². The maximum Gasteiger partial charge on any atom is 0.490 e. The van der Waals surface area contributed by atoms with Crippen molar-refractivity contribution in [3.05, 3.63) is 65.8 Å². The van der Waals surface area contributed by atoms with Crippen molar-refractivity contribution in [3.63, 3.8) is 0 Å². The van der Waals surface area contributed by atoms with E-state index in [2.05, 4.69) is 15.2 Å². The molecule has 1 aliphatic heterocycles. The van der Waals surface area contributed by atoms with E-state index in [1.807, 2.05) is 18.2 Å². The van der Waals surface area contributed by atoms with Gasteiger partial charge in [0, 0.05) is 24.4 Å². The largest absolute Gasteiger partial charge is 0.490 e. The molecular weight excluding hydrogens is 537 g/mol. The molecule has 200 valence electrons. The molecule has 3 aromatic heterocycles. The zero-order valence-corrected chi connectivity index (χ0v) is 20.0. The standard InChI is InChI=1S/C21H17F2N5O2S.C2HF3O2/c22-21(23)8-11-27(19(29)15-7-12-31-20(15)28-24-9-10-25-28)13-17(21)30-18-6-5-14-3-1-2-4-16(14)26-18;3-2(4,5)1(6)7/h1-7,9-10,12,17H,8,11,13H2;(H,6,7). The smallest absolute Gasteiger partial charge is 0.475 e. The number of carboxylic acid groups (broad SMARTS) is 1. The molecule has 4 heterocycles. The third-order valence-electron chi connectivity index (χ3n) is 5.41. The number of thiophene rings is 1. The van der Waals surface area contributed by atoms with E-state index in [9.17, 15) is 26.7 Å². The van der Waals surface area contributed by atoms with Gasteiger partial charge in [-0.15, -0.1) is 16.1 Å². The Morgan fingerprint density at radius 1 is 1.08 bits per heavy atom. The van der Waals surface area contributed by atoms with Crippen molar-refractivity contribution in [1.82, 2.24) is 24.9 Å². The molecular formula is C23H18F5N5O4S. The molecule has 0 bridgehead atoms. The lowest BCUT2D eigenvalue weighted by Gasteiger charge is -2.37. The van der Waals surface area contributed by atoms with Gasteiger partial charge in [-0.05, 0) is 23.6 Å². The highest BCUT2D eigenvalue weighted by Gasteiger charge is 2.47. The summed E-state index contributed by atoms with van der Waals surface area (Å²) < 4.78 is 66.6. The fourth-order valence-corrected chi connectivity index (χ4v) is 4.35. The van der Waals surface area contributed by atoms with Crippen LogP contribution in [0.4, 0.5) is 22.0 Å². The molecule has 1 aliphatic rings. The number of carbonyl (C=O) groups is 2. The summed E-state index contributed by atoms with van der Waals surface area (Å²) in [5, 5.41) is 18.4. The number of carboxylic acids is 1. The van der Waals surface area contributed by atoms with Crippen LogP contribution in [-0.4, -0.2) is 73.2 Å². The Labute approximate surface area is 215 Å². The summed E-state index contributed by atoms with van der Waals surface area (Å²) >= 11 is 1.30. The Morgan fingerprint density at radius 2 is 1.76 bits per heavy atom. The number of rotatable bonds is 4. The highest BCUT2D eigenvalue weighted by atomic mass is 32.1. The minimum Gasteiger partial charge on any atom is -0.475 e. The number of carbonyl (C=O) groups excluding carboxylic acids is 1. The molecule has 38 heavy (non-hydrogen) atoms. The molecule has 15 heteroatoms. The summed E-state index contributed by atoms with van der Waals surface area (Å²) in [6.07, 6.45) is -4.05. The fraction of sp³-hybridized carbons (Fsp3) is 0.261. The lowest BCUT2D eigenvalue weighted by atomic mass is 10.0. The van der Waals surface area contributed by atoms with Crippen LogP contribution < -0.4 is 4.74 Å². The van der Waals surface area contributed by atoms with Crippen LogP contribution in [0.3, 0.4) is 0 Å². The predicted molar refractivity (Wildman–Crippen MR) is 125 cm³/mol. The second kappa shape index (κ2) is 10.7. The molecule has 1 atom stereocenters. The maximum atomic E-state index is 14.6. The zero-order chi connectivity index (χ0) is 27.5. The highest BCUT2D eigenvalue weighted by molar-refractivity contribution is 7.13. The minimum atomic E-state index is -5.08. The maximum absolute atomic E-state index is 14.6. The fourth-order valence-electron chi connectivity index (χ4n) is 3.55. The van der Waals surface area contributed by atoms with Gasteiger partial charge in [0.05, 0.1) is 30.0 Å². The number of halogens is 5. The van der Waals surface area contributed by atoms with E-state index < -0.39 is 30.6 Å². The Morgan fingerprint density at radius 3 is 2.45 bits per heavy atom. The van der Waals surface area contributed by atoms with Crippen LogP contribution in [0, 0.1) is 0 Å². The van der Waals surface area contributed by atoms with Crippen molar-refractivity contribution in [1.29, 1.82) is 0 Å². The lowest BCUT2D eigenvalue weighted by molar-refractivity contribution is -0.192. The van der Waals surface area contributed by atoms with Gasteiger partial charge in [0.15, 0.2) is 11.1 Å². The molecule has 1 fully saturated rings.